The summed E-state index contributed by atoms with van der Waals surface area (Å²) in [6, 6.07) is 8.65. The van der Waals surface area contributed by atoms with Crippen molar-refractivity contribution < 1.29 is 27.9 Å². The molecule has 136 valence electrons. The second-order valence-corrected chi connectivity index (χ2v) is 6.29. The predicted octanol–water partition coefficient (Wildman–Crippen LogP) is 2.42. The van der Waals surface area contributed by atoms with Gasteiger partial charge in [0.15, 0.2) is 5.76 Å². The van der Waals surface area contributed by atoms with Crippen LogP contribution in [-0.2, 0) is 11.4 Å². The number of nitrogens with zero attached hydrogens (tertiary/aromatic N) is 1. The molecular weight excluding hydrogens is 363 g/mol. The van der Waals surface area contributed by atoms with Gasteiger partial charge in [-0.2, -0.15) is 0 Å². The second-order valence-electron chi connectivity index (χ2n) is 5.36. The van der Waals surface area contributed by atoms with E-state index < -0.39 is 5.91 Å². The monoisotopic (exact) mass is 378 g/mol. The van der Waals surface area contributed by atoms with Gasteiger partial charge in [-0.25, -0.2) is 4.39 Å². The Balaban J connectivity index is 1.46. The van der Waals surface area contributed by atoms with Crippen LogP contribution in [0.2, 0.25) is 0 Å². The first-order valence-electron chi connectivity index (χ1n) is 7.75. The third kappa shape index (κ3) is 4.42. The van der Waals surface area contributed by atoms with Crippen molar-refractivity contribution in [3.8, 4) is 5.75 Å². The molecular formula is C17H15FN2O5S. The molecule has 3 rings (SSSR count). The molecule has 9 heteroatoms. The quantitative estimate of drug-likeness (QED) is 0.796. The van der Waals surface area contributed by atoms with Crippen molar-refractivity contribution in [3.05, 3.63) is 53.7 Å². The fourth-order valence-corrected chi connectivity index (χ4v) is 2.98. The van der Waals surface area contributed by atoms with Crippen LogP contribution in [0.1, 0.15) is 16.3 Å². The van der Waals surface area contributed by atoms with E-state index in [0.717, 1.165) is 16.7 Å². The Morgan fingerprint density at radius 2 is 2.00 bits per heavy atom. The number of hydrogen-bond donors (Lipinski definition) is 1. The van der Waals surface area contributed by atoms with Crippen LogP contribution in [-0.4, -0.2) is 40.8 Å². The van der Waals surface area contributed by atoms with E-state index in [0.29, 0.717) is 11.5 Å². The Hall–Kier alpha value is -2.81. The Morgan fingerprint density at radius 3 is 2.69 bits per heavy atom. The molecule has 1 N–H and O–H groups in total. The molecule has 0 radical (unpaired) electrons. The van der Waals surface area contributed by atoms with Crippen molar-refractivity contribution >= 4 is 28.8 Å². The van der Waals surface area contributed by atoms with Crippen LogP contribution >= 0.6 is 11.8 Å². The SMILES string of the molecule is O=C(NCCN1C(=O)CSC1=O)c1ccc(COc2ccc(F)cc2)o1. The fraction of sp³-hybridized carbons (Fsp3) is 0.235. The number of amides is 3. The molecule has 2 heterocycles. The lowest BCUT2D eigenvalue weighted by atomic mass is 10.3. The number of nitrogens with one attached hydrogen (secondary N) is 1. The lowest BCUT2D eigenvalue weighted by Crippen LogP contribution is -2.37. The van der Waals surface area contributed by atoms with E-state index in [4.69, 9.17) is 9.15 Å². The number of ether oxygens (including phenoxy) is 1. The second kappa shape index (κ2) is 8.05. The first-order chi connectivity index (χ1) is 12.5. The van der Waals surface area contributed by atoms with E-state index >= 15 is 0 Å². The number of furan rings is 1. The molecule has 2 aromatic rings. The summed E-state index contributed by atoms with van der Waals surface area (Å²) in [5, 5.41) is 2.29. The van der Waals surface area contributed by atoms with Gasteiger partial charge in [-0.05, 0) is 36.4 Å². The normalized spacial score (nSPS) is 14.0. The Kier molecular flexibility index (Phi) is 5.57. The largest absolute Gasteiger partial charge is 0.486 e. The van der Waals surface area contributed by atoms with Gasteiger partial charge in [0.05, 0.1) is 5.75 Å². The fourth-order valence-electron chi connectivity index (χ4n) is 2.23. The molecule has 1 aromatic carbocycles. The van der Waals surface area contributed by atoms with Gasteiger partial charge in [0.25, 0.3) is 11.1 Å². The zero-order valence-electron chi connectivity index (χ0n) is 13.6. The van der Waals surface area contributed by atoms with E-state index in [9.17, 15) is 18.8 Å². The van der Waals surface area contributed by atoms with Gasteiger partial charge in [-0.1, -0.05) is 11.8 Å². The summed E-state index contributed by atoms with van der Waals surface area (Å²) in [5.41, 5.74) is 0. The molecule has 1 aliphatic heterocycles. The third-order valence-electron chi connectivity index (χ3n) is 3.54. The molecule has 1 fully saturated rings. The summed E-state index contributed by atoms with van der Waals surface area (Å²) < 4.78 is 23.7. The van der Waals surface area contributed by atoms with Crippen LogP contribution in [0.3, 0.4) is 0 Å². The summed E-state index contributed by atoms with van der Waals surface area (Å²) in [6.07, 6.45) is 0. The van der Waals surface area contributed by atoms with Crippen LogP contribution in [0.15, 0.2) is 40.8 Å². The average Bonchev–Trinajstić information content (AvgIpc) is 3.23. The Morgan fingerprint density at radius 1 is 1.23 bits per heavy atom. The minimum absolute atomic E-state index is 0.0902. The van der Waals surface area contributed by atoms with Crippen molar-refractivity contribution in [1.29, 1.82) is 0 Å². The topological polar surface area (TPSA) is 88.9 Å². The molecule has 0 bridgehead atoms. The van der Waals surface area contributed by atoms with Gasteiger partial charge in [0, 0.05) is 13.1 Å². The molecule has 1 aromatic heterocycles. The minimum Gasteiger partial charge on any atom is -0.486 e. The number of imide groups is 1. The number of hydrogen-bond acceptors (Lipinski definition) is 6. The number of benzene rings is 1. The zero-order valence-corrected chi connectivity index (χ0v) is 14.4. The molecule has 0 aliphatic carbocycles. The van der Waals surface area contributed by atoms with Crippen molar-refractivity contribution in [3.63, 3.8) is 0 Å². The maximum absolute atomic E-state index is 12.8. The number of thioether (sulfide) groups is 1. The first-order valence-corrected chi connectivity index (χ1v) is 8.74. The maximum atomic E-state index is 12.8. The van der Waals surface area contributed by atoms with E-state index in [2.05, 4.69) is 5.32 Å². The number of rotatable bonds is 7. The molecule has 26 heavy (non-hydrogen) atoms. The van der Waals surface area contributed by atoms with Crippen molar-refractivity contribution in [1.82, 2.24) is 10.2 Å². The highest BCUT2D eigenvalue weighted by molar-refractivity contribution is 8.14. The van der Waals surface area contributed by atoms with Crippen LogP contribution in [0.5, 0.6) is 5.75 Å². The summed E-state index contributed by atoms with van der Waals surface area (Å²) >= 11 is 0.948. The minimum atomic E-state index is -0.454. The first kappa shape index (κ1) is 18.0. The van der Waals surface area contributed by atoms with E-state index in [1.54, 1.807) is 6.07 Å². The zero-order chi connectivity index (χ0) is 18.5. The van der Waals surface area contributed by atoms with Crippen LogP contribution in [0, 0.1) is 5.82 Å². The maximum Gasteiger partial charge on any atom is 0.288 e. The molecule has 3 amide bonds. The Bertz CT molecular complexity index is 805. The van der Waals surface area contributed by atoms with Gasteiger partial charge < -0.3 is 14.5 Å². The molecule has 0 unspecified atom stereocenters. The van der Waals surface area contributed by atoms with E-state index in [-0.39, 0.29) is 48.2 Å². The average molecular weight is 378 g/mol. The van der Waals surface area contributed by atoms with Crippen LogP contribution < -0.4 is 10.1 Å². The lowest BCUT2D eigenvalue weighted by Gasteiger charge is -2.12. The molecule has 0 atom stereocenters. The molecule has 0 saturated carbocycles. The van der Waals surface area contributed by atoms with E-state index in [1.165, 1.54) is 30.3 Å². The van der Waals surface area contributed by atoms with Gasteiger partial charge in [-0.3, -0.25) is 19.3 Å². The predicted molar refractivity (Wildman–Crippen MR) is 91.3 cm³/mol. The van der Waals surface area contributed by atoms with Gasteiger partial charge in [0.1, 0.15) is 23.9 Å². The van der Waals surface area contributed by atoms with Crippen LogP contribution in [0.4, 0.5) is 9.18 Å². The van der Waals surface area contributed by atoms with Crippen molar-refractivity contribution in [2.24, 2.45) is 0 Å². The highest BCUT2D eigenvalue weighted by Gasteiger charge is 2.29. The lowest BCUT2D eigenvalue weighted by molar-refractivity contribution is -0.124. The highest BCUT2D eigenvalue weighted by Crippen LogP contribution is 2.18. The molecule has 1 aliphatic rings. The number of carbonyl (C=O) groups is 3. The number of carbonyl (C=O) groups excluding carboxylic acids is 3. The smallest absolute Gasteiger partial charge is 0.288 e. The Labute approximate surface area is 152 Å². The summed E-state index contributed by atoms with van der Waals surface area (Å²) in [6.45, 7) is 0.351. The van der Waals surface area contributed by atoms with E-state index in [1.807, 2.05) is 0 Å². The summed E-state index contributed by atoms with van der Waals surface area (Å²) in [5.74, 6) is 0.0774. The third-order valence-corrected chi connectivity index (χ3v) is 4.40. The molecule has 0 spiro atoms. The van der Waals surface area contributed by atoms with Gasteiger partial charge >= 0.3 is 0 Å². The van der Waals surface area contributed by atoms with Gasteiger partial charge in [-0.15, -0.1) is 0 Å². The number of halogens is 1. The summed E-state index contributed by atoms with van der Waals surface area (Å²) in [4.78, 5) is 36.0. The van der Waals surface area contributed by atoms with Crippen molar-refractivity contribution in [2.75, 3.05) is 18.8 Å². The van der Waals surface area contributed by atoms with Gasteiger partial charge in [0.2, 0.25) is 5.91 Å². The standard InChI is InChI=1S/C17H15FN2O5S/c18-11-1-3-12(4-2-11)24-9-13-5-6-14(25-13)16(22)19-7-8-20-15(21)10-26-17(20)23/h1-6H,7-10H2,(H,19,22). The summed E-state index contributed by atoms with van der Waals surface area (Å²) in [7, 11) is 0. The van der Waals surface area contributed by atoms with Crippen molar-refractivity contribution in [2.45, 2.75) is 6.61 Å². The molecule has 1 saturated heterocycles. The highest BCUT2D eigenvalue weighted by atomic mass is 32.2. The van der Waals surface area contributed by atoms with Crippen LogP contribution in [0.25, 0.3) is 0 Å². The molecule has 7 nitrogen and oxygen atoms in total.